The first-order valence-electron chi connectivity index (χ1n) is 9.74. The molecule has 0 spiro atoms. The first-order chi connectivity index (χ1) is 11.1. The van der Waals surface area contributed by atoms with Crippen molar-refractivity contribution < 1.29 is 0 Å². The van der Waals surface area contributed by atoms with Crippen LogP contribution in [0.15, 0.2) is 4.99 Å². The van der Waals surface area contributed by atoms with Crippen LogP contribution in [0.3, 0.4) is 0 Å². The minimum absolute atomic E-state index is 0. The molecule has 0 radical (unpaired) electrons. The van der Waals surface area contributed by atoms with Crippen molar-refractivity contribution in [2.45, 2.75) is 59.3 Å². The average molecular weight is 450 g/mol. The topological polar surface area (TPSA) is 39.7 Å². The van der Waals surface area contributed by atoms with Crippen LogP contribution in [-0.4, -0.2) is 50.6 Å². The number of nitrogens with one attached hydrogen (secondary N) is 2. The molecule has 142 valence electrons. The predicted octanol–water partition coefficient (Wildman–Crippen LogP) is 3.72. The van der Waals surface area contributed by atoms with Crippen LogP contribution in [0.25, 0.3) is 0 Å². The fourth-order valence-electron chi connectivity index (χ4n) is 4.07. The van der Waals surface area contributed by atoms with Crippen LogP contribution in [0, 0.1) is 17.3 Å². The molecule has 5 heteroatoms. The smallest absolute Gasteiger partial charge is 0.191 e. The first-order valence-corrected chi connectivity index (χ1v) is 9.74. The van der Waals surface area contributed by atoms with Gasteiger partial charge in [0.1, 0.15) is 0 Å². The summed E-state index contributed by atoms with van der Waals surface area (Å²) in [4.78, 5) is 7.05. The van der Waals surface area contributed by atoms with Gasteiger partial charge in [-0.2, -0.15) is 0 Å². The summed E-state index contributed by atoms with van der Waals surface area (Å²) in [7, 11) is 1.89. The fourth-order valence-corrected chi connectivity index (χ4v) is 4.07. The molecule has 2 fully saturated rings. The quantitative estimate of drug-likeness (QED) is 0.353. The Balaban J connectivity index is 0.00000288. The molecule has 1 aliphatic carbocycles. The first kappa shape index (κ1) is 22.0. The van der Waals surface area contributed by atoms with Gasteiger partial charge in [0.05, 0.1) is 0 Å². The largest absolute Gasteiger partial charge is 0.356 e. The van der Waals surface area contributed by atoms with E-state index in [4.69, 9.17) is 0 Å². The summed E-state index contributed by atoms with van der Waals surface area (Å²) in [6, 6.07) is 0. The van der Waals surface area contributed by atoms with Gasteiger partial charge in [-0.15, -0.1) is 24.0 Å². The van der Waals surface area contributed by atoms with Gasteiger partial charge < -0.3 is 15.5 Å². The van der Waals surface area contributed by atoms with E-state index in [0.717, 1.165) is 30.9 Å². The molecule has 1 saturated heterocycles. The lowest BCUT2D eigenvalue weighted by atomic mass is 9.67. The number of piperidine rings is 1. The Morgan fingerprint density at radius 1 is 1.25 bits per heavy atom. The summed E-state index contributed by atoms with van der Waals surface area (Å²) >= 11 is 0. The number of hydrogen-bond donors (Lipinski definition) is 2. The van der Waals surface area contributed by atoms with Crippen LogP contribution in [0.5, 0.6) is 0 Å². The van der Waals surface area contributed by atoms with Crippen LogP contribution in [0.4, 0.5) is 0 Å². The number of likely N-dealkylation sites (tertiary alicyclic amines) is 1. The lowest BCUT2D eigenvalue weighted by Gasteiger charge is -2.41. The number of aliphatic imine (C=N–C) groups is 1. The Morgan fingerprint density at radius 3 is 2.54 bits per heavy atom. The second-order valence-electron chi connectivity index (χ2n) is 8.18. The van der Waals surface area contributed by atoms with Crippen molar-refractivity contribution in [3.63, 3.8) is 0 Å². The SMILES string of the molecule is CCC1(CNC(=NC)NCC2CCCN(CC(C)C)C2)CCC1.I. The van der Waals surface area contributed by atoms with Crippen molar-refractivity contribution in [2.75, 3.05) is 39.8 Å². The number of nitrogens with zero attached hydrogens (tertiary/aromatic N) is 2. The van der Waals surface area contributed by atoms with E-state index in [1.807, 2.05) is 7.05 Å². The van der Waals surface area contributed by atoms with Crippen LogP contribution < -0.4 is 10.6 Å². The minimum atomic E-state index is 0. The Kier molecular flexibility index (Phi) is 9.94. The van der Waals surface area contributed by atoms with Crippen molar-refractivity contribution in [1.82, 2.24) is 15.5 Å². The van der Waals surface area contributed by atoms with Gasteiger partial charge in [-0.1, -0.05) is 27.2 Å². The molecule has 4 nitrogen and oxygen atoms in total. The average Bonchev–Trinajstić information content (AvgIpc) is 2.49. The molecule has 0 aromatic carbocycles. The molecule has 1 unspecified atom stereocenters. The van der Waals surface area contributed by atoms with Gasteiger partial charge in [-0.3, -0.25) is 4.99 Å². The standard InChI is InChI=1S/C19H38N4.HI/c1-5-19(9-7-10-19)15-22-18(20-4)21-12-17-8-6-11-23(14-17)13-16(2)3;/h16-17H,5-15H2,1-4H3,(H2,20,21,22);1H. The molecule has 1 heterocycles. The Morgan fingerprint density at radius 2 is 2.00 bits per heavy atom. The summed E-state index contributed by atoms with van der Waals surface area (Å²) in [5.74, 6) is 2.51. The highest BCUT2D eigenvalue weighted by Crippen LogP contribution is 2.42. The highest BCUT2D eigenvalue weighted by Gasteiger charge is 2.34. The molecule has 0 aromatic rings. The van der Waals surface area contributed by atoms with E-state index in [2.05, 4.69) is 41.3 Å². The Hall–Kier alpha value is -0.0400. The molecular weight excluding hydrogens is 411 g/mol. The van der Waals surface area contributed by atoms with Crippen molar-refractivity contribution in [2.24, 2.45) is 22.2 Å². The van der Waals surface area contributed by atoms with E-state index >= 15 is 0 Å². The van der Waals surface area contributed by atoms with Crippen LogP contribution in [0.2, 0.25) is 0 Å². The van der Waals surface area contributed by atoms with Gasteiger partial charge in [0.2, 0.25) is 0 Å². The molecule has 24 heavy (non-hydrogen) atoms. The maximum absolute atomic E-state index is 4.42. The zero-order chi connectivity index (χ0) is 16.7. The molecule has 2 aliphatic rings. The summed E-state index contributed by atoms with van der Waals surface area (Å²) in [5, 5.41) is 7.14. The van der Waals surface area contributed by atoms with Gasteiger partial charge in [0.15, 0.2) is 5.96 Å². The second kappa shape index (κ2) is 10.8. The molecule has 1 atom stereocenters. The van der Waals surface area contributed by atoms with Crippen LogP contribution in [-0.2, 0) is 0 Å². The molecule has 0 aromatic heterocycles. The van der Waals surface area contributed by atoms with E-state index < -0.39 is 0 Å². The highest BCUT2D eigenvalue weighted by atomic mass is 127. The molecule has 2 rings (SSSR count). The summed E-state index contributed by atoms with van der Waals surface area (Å²) in [5.41, 5.74) is 0.538. The number of guanidine groups is 1. The Labute approximate surface area is 166 Å². The maximum Gasteiger partial charge on any atom is 0.191 e. The van der Waals surface area contributed by atoms with E-state index in [0.29, 0.717) is 5.41 Å². The lowest BCUT2D eigenvalue weighted by Crippen LogP contribution is -2.48. The predicted molar refractivity (Wildman–Crippen MR) is 115 cm³/mol. The number of hydrogen-bond acceptors (Lipinski definition) is 2. The van der Waals surface area contributed by atoms with E-state index in [-0.39, 0.29) is 24.0 Å². The third kappa shape index (κ3) is 6.70. The van der Waals surface area contributed by atoms with Gasteiger partial charge in [-0.25, -0.2) is 0 Å². The molecule has 2 N–H and O–H groups in total. The maximum atomic E-state index is 4.42. The van der Waals surface area contributed by atoms with Gasteiger partial charge in [-0.05, 0) is 55.9 Å². The summed E-state index contributed by atoms with van der Waals surface area (Å²) < 4.78 is 0. The van der Waals surface area contributed by atoms with E-state index in [1.54, 1.807) is 0 Å². The molecular formula is C19H39IN4. The van der Waals surface area contributed by atoms with Gasteiger partial charge >= 0.3 is 0 Å². The fraction of sp³-hybridized carbons (Fsp3) is 0.947. The van der Waals surface area contributed by atoms with E-state index in [1.165, 1.54) is 58.2 Å². The minimum Gasteiger partial charge on any atom is -0.356 e. The van der Waals surface area contributed by atoms with Crippen molar-refractivity contribution in [1.29, 1.82) is 0 Å². The molecule has 1 saturated carbocycles. The molecule has 1 aliphatic heterocycles. The zero-order valence-corrected chi connectivity index (χ0v) is 18.6. The zero-order valence-electron chi connectivity index (χ0n) is 16.2. The second-order valence-corrected chi connectivity index (χ2v) is 8.18. The third-order valence-electron chi connectivity index (χ3n) is 5.80. The number of halogens is 1. The van der Waals surface area contributed by atoms with Crippen molar-refractivity contribution in [3.8, 4) is 0 Å². The summed E-state index contributed by atoms with van der Waals surface area (Å²) in [6.07, 6.45) is 8.11. The molecule has 0 amide bonds. The van der Waals surface area contributed by atoms with Crippen LogP contribution in [0.1, 0.15) is 59.3 Å². The molecule has 0 bridgehead atoms. The highest BCUT2D eigenvalue weighted by molar-refractivity contribution is 14.0. The Bertz CT molecular complexity index is 374. The number of rotatable bonds is 7. The van der Waals surface area contributed by atoms with E-state index in [9.17, 15) is 0 Å². The summed E-state index contributed by atoms with van der Waals surface area (Å²) in [6.45, 7) is 12.8. The lowest BCUT2D eigenvalue weighted by molar-refractivity contribution is 0.131. The van der Waals surface area contributed by atoms with Gasteiger partial charge in [0.25, 0.3) is 0 Å². The van der Waals surface area contributed by atoms with Crippen molar-refractivity contribution in [3.05, 3.63) is 0 Å². The van der Waals surface area contributed by atoms with Gasteiger partial charge in [0, 0.05) is 33.2 Å². The third-order valence-corrected chi connectivity index (χ3v) is 5.80. The monoisotopic (exact) mass is 450 g/mol. The normalized spacial score (nSPS) is 24.2. The van der Waals surface area contributed by atoms with Crippen LogP contribution >= 0.6 is 24.0 Å². The van der Waals surface area contributed by atoms with Crippen molar-refractivity contribution >= 4 is 29.9 Å².